The normalized spacial score (nSPS) is 12.0. The average Bonchev–Trinajstić information content (AvgIpc) is 3.08. The van der Waals surface area contributed by atoms with Crippen LogP contribution in [0.4, 0.5) is 4.39 Å². The molecule has 0 unspecified atom stereocenters. The van der Waals surface area contributed by atoms with Crippen molar-refractivity contribution in [1.29, 1.82) is 0 Å². The van der Waals surface area contributed by atoms with E-state index in [4.69, 9.17) is 14.2 Å². The number of halogens is 1. The van der Waals surface area contributed by atoms with Gasteiger partial charge in [-0.1, -0.05) is 6.07 Å². The fourth-order valence-electron chi connectivity index (χ4n) is 3.00. The van der Waals surface area contributed by atoms with Crippen LogP contribution in [0.2, 0.25) is 0 Å². The lowest BCUT2D eigenvalue weighted by atomic mass is 10.1. The zero-order valence-electron chi connectivity index (χ0n) is 16.4. The number of hydrogen-bond acceptors (Lipinski definition) is 6. The number of hydrogen-bond donors (Lipinski definition) is 0. The van der Waals surface area contributed by atoms with Gasteiger partial charge in [0.2, 0.25) is 5.78 Å². The maximum atomic E-state index is 14.3. The first-order chi connectivity index (χ1) is 14.0. The molecule has 7 heteroatoms. The van der Waals surface area contributed by atoms with Crippen molar-refractivity contribution >= 4 is 33.2 Å². The van der Waals surface area contributed by atoms with Crippen molar-refractivity contribution in [3.8, 4) is 5.75 Å². The van der Waals surface area contributed by atoms with Crippen LogP contribution >= 0.6 is 11.3 Å². The molecule has 5 nitrogen and oxygen atoms in total. The Morgan fingerprint density at radius 2 is 1.86 bits per heavy atom. The fraction of sp³-hybridized carbons (Fsp3) is 0.273. The van der Waals surface area contributed by atoms with Crippen molar-refractivity contribution in [2.24, 2.45) is 0 Å². The molecule has 152 valence electrons. The van der Waals surface area contributed by atoms with Crippen LogP contribution in [-0.2, 0) is 16.1 Å². The molecular weight excluding hydrogens is 395 g/mol. The van der Waals surface area contributed by atoms with Gasteiger partial charge >= 0.3 is 5.97 Å². The van der Waals surface area contributed by atoms with Crippen molar-refractivity contribution in [3.05, 3.63) is 64.3 Å². The molecule has 1 heterocycles. The summed E-state index contributed by atoms with van der Waals surface area (Å²) < 4.78 is 30.8. The third-order valence-electron chi connectivity index (χ3n) is 4.34. The molecule has 0 aliphatic heterocycles. The molecular formula is C22H21FO5S. The lowest BCUT2D eigenvalue weighted by molar-refractivity contribution is 0.0320. The minimum Gasteiger partial charge on any atom is -0.494 e. The highest BCUT2D eigenvalue weighted by atomic mass is 32.1. The number of fused-ring (bicyclic) bond motifs is 1. The second kappa shape index (κ2) is 9.15. The lowest BCUT2D eigenvalue weighted by Crippen LogP contribution is -2.24. The number of ether oxygens (including phenoxy) is 3. The second-order valence-corrected chi connectivity index (χ2v) is 7.38. The number of ketones is 1. The van der Waals surface area contributed by atoms with Crippen molar-refractivity contribution in [3.63, 3.8) is 0 Å². The molecule has 0 N–H and O–H groups in total. The van der Waals surface area contributed by atoms with E-state index in [1.54, 1.807) is 36.4 Å². The van der Waals surface area contributed by atoms with Crippen LogP contribution in [0.1, 0.15) is 39.4 Å². The number of carbonyl (C=O) groups is 2. The summed E-state index contributed by atoms with van der Waals surface area (Å²) in [7, 11) is 1.47. The lowest BCUT2D eigenvalue weighted by Gasteiger charge is -2.13. The van der Waals surface area contributed by atoms with Gasteiger partial charge in [-0.25, -0.2) is 9.18 Å². The molecule has 0 saturated carbocycles. The van der Waals surface area contributed by atoms with Crippen molar-refractivity contribution in [1.82, 2.24) is 0 Å². The summed E-state index contributed by atoms with van der Waals surface area (Å²) in [6.45, 7) is 3.98. The average molecular weight is 416 g/mol. The van der Waals surface area contributed by atoms with Crippen molar-refractivity contribution < 1.29 is 28.2 Å². The van der Waals surface area contributed by atoms with Crippen LogP contribution in [0.25, 0.3) is 10.1 Å². The Morgan fingerprint density at radius 3 is 2.52 bits per heavy atom. The van der Waals surface area contributed by atoms with E-state index < -0.39 is 17.9 Å². The van der Waals surface area contributed by atoms with Gasteiger partial charge < -0.3 is 14.2 Å². The predicted octanol–water partition coefficient (Wildman–Crippen LogP) is 5.01. The van der Waals surface area contributed by atoms with Gasteiger partial charge in [0, 0.05) is 28.3 Å². The third kappa shape index (κ3) is 4.46. The molecule has 3 aromatic rings. The summed E-state index contributed by atoms with van der Waals surface area (Å²) >= 11 is 1.12. The Kier molecular flexibility index (Phi) is 6.61. The van der Waals surface area contributed by atoms with E-state index in [9.17, 15) is 14.0 Å². The number of carbonyl (C=O) groups excluding carboxylic acids is 2. The summed E-state index contributed by atoms with van der Waals surface area (Å²) in [6.07, 6.45) is -0.995. The van der Waals surface area contributed by atoms with Gasteiger partial charge in [-0.05, 0) is 50.2 Å². The maximum Gasteiger partial charge on any atom is 0.349 e. The first-order valence-corrected chi connectivity index (χ1v) is 9.94. The predicted molar refractivity (Wildman–Crippen MR) is 109 cm³/mol. The Labute approximate surface area is 172 Å². The number of rotatable bonds is 8. The zero-order chi connectivity index (χ0) is 21.0. The molecule has 0 spiro atoms. The Bertz CT molecular complexity index is 1030. The fourth-order valence-corrected chi connectivity index (χ4v) is 4.10. The third-order valence-corrected chi connectivity index (χ3v) is 5.52. The number of Topliss-reactive ketones (excluding diaryl/α,β-unsaturated/α-hetero) is 1. The molecule has 0 amide bonds. The number of methoxy groups -OCH3 is 1. The first kappa shape index (κ1) is 21.0. The second-order valence-electron chi connectivity index (χ2n) is 6.32. The molecule has 0 aliphatic rings. The van der Waals surface area contributed by atoms with E-state index in [1.807, 2.05) is 6.92 Å². The molecule has 29 heavy (non-hydrogen) atoms. The highest BCUT2D eigenvalue weighted by Gasteiger charge is 2.26. The van der Waals surface area contributed by atoms with Crippen LogP contribution in [0.15, 0.2) is 42.5 Å². The van der Waals surface area contributed by atoms with Gasteiger partial charge in [-0.15, -0.1) is 11.3 Å². The van der Waals surface area contributed by atoms with E-state index in [0.29, 0.717) is 33.6 Å². The number of thiophene rings is 1. The van der Waals surface area contributed by atoms with E-state index in [1.165, 1.54) is 20.1 Å². The minimum atomic E-state index is -0.995. The molecule has 0 aliphatic carbocycles. The molecule has 3 rings (SSSR count). The minimum absolute atomic E-state index is 0.0621. The van der Waals surface area contributed by atoms with E-state index >= 15 is 0 Å². The van der Waals surface area contributed by atoms with Gasteiger partial charge in [0.25, 0.3) is 0 Å². The number of esters is 1. The highest BCUT2D eigenvalue weighted by molar-refractivity contribution is 7.21. The Morgan fingerprint density at radius 1 is 1.14 bits per heavy atom. The van der Waals surface area contributed by atoms with Gasteiger partial charge in [-0.3, -0.25) is 4.79 Å². The molecule has 0 saturated heterocycles. The quantitative estimate of drug-likeness (QED) is 0.381. The van der Waals surface area contributed by atoms with Crippen LogP contribution in [0.5, 0.6) is 5.75 Å². The molecule has 2 aromatic carbocycles. The Hall–Kier alpha value is -2.77. The monoisotopic (exact) mass is 416 g/mol. The van der Waals surface area contributed by atoms with Gasteiger partial charge in [0.05, 0.1) is 13.2 Å². The largest absolute Gasteiger partial charge is 0.494 e. The van der Waals surface area contributed by atoms with E-state index in [-0.39, 0.29) is 17.3 Å². The standard InChI is InChI=1S/C22H21FO5S/c1-4-27-15-10-8-14(9-11-15)20(24)13(2)28-22(25)21-16(12-26-3)19-17(23)6-5-7-18(19)29-21/h5-11,13H,4,12H2,1-3H3/t13-/m1/s1. The zero-order valence-corrected chi connectivity index (χ0v) is 17.2. The van der Waals surface area contributed by atoms with E-state index in [2.05, 4.69) is 0 Å². The molecule has 0 bridgehead atoms. The summed E-state index contributed by atoms with van der Waals surface area (Å²) in [6, 6.07) is 11.3. The smallest absolute Gasteiger partial charge is 0.349 e. The van der Waals surface area contributed by atoms with E-state index in [0.717, 1.165) is 11.3 Å². The molecule has 0 radical (unpaired) electrons. The Balaban J connectivity index is 1.81. The van der Waals surface area contributed by atoms with Crippen LogP contribution in [0.3, 0.4) is 0 Å². The van der Waals surface area contributed by atoms with Crippen molar-refractivity contribution in [2.75, 3.05) is 13.7 Å². The summed E-state index contributed by atoms with van der Waals surface area (Å²) in [4.78, 5) is 25.6. The summed E-state index contributed by atoms with van der Waals surface area (Å²) in [5, 5.41) is 0.344. The summed E-state index contributed by atoms with van der Waals surface area (Å²) in [5.41, 5.74) is 0.838. The highest BCUT2D eigenvalue weighted by Crippen LogP contribution is 2.34. The molecule has 1 atom stereocenters. The van der Waals surface area contributed by atoms with Crippen molar-refractivity contribution in [2.45, 2.75) is 26.6 Å². The van der Waals surface area contributed by atoms with Gasteiger partial charge in [-0.2, -0.15) is 0 Å². The maximum absolute atomic E-state index is 14.3. The van der Waals surface area contributed by atoms with Crippen LogP contribution in [-0.4, -0.2) is 31.6 Å². The SMILES string of the molecule is CCOc1ccc(C(=O)[C@@H](C)OC(=O)c2sc3cccc(F)c3c2COC)cc1. The van der Waals surface area contributed by atoms with Crippen LogP contribution in [0, 0.1) is 5.82 Å². The molecule has 1 aromatic heterocycles. The van der Waals surface area contributed by atoms with Crippen LogP contribution < -0.4 is 4.74 Å². The van der Waals surface area contributed by atoms with Gasteiger partial charge in [0.15, 0.2) is 6.10 Å². The number of benzene rings is 2. The van der Waals surface area contributed by atoms with Gasteiger partial charge in [0.1, 0.15) is 16.4 Å². The summed E-state index contributed by atoms with van der Waals surface area (Å²) in [5.74, 6) is -0.778. The first-order valence-electron chi connectivity index (χ1n) is 9.13. The molecule has 0 fully saturated rings. The topological polar surface area (TPSA) is 61.8 Å².